The molecule has 0 aliphatic heterocycles. The first kappa shape index (κ1) is 70.3. The molecule has 8 aromatic rings. The molecule has 4 unspecified atom stereocenters. The number of carbonyl (C=O) groups excluding carboxylic acids is 2. The van der Waals surface area contributed by atoms with Gasteiger partial charge >= 0.3 is 12.2 Å². The number of imidazole rings is 4. The predicted molar refractivity (Wildman–Crippen MR) is 353 cm³/mol. The summed E-state index contributed by atoms with van der Waals surface area (Å²) in [5.41, 5.74) is 11.6. The fourth-order valence-corrected chi connectivity index (χ4v) is 9.83. The number of ether oxygens (including phenoxy) is 6. The highest BCUT2D eigenvalue weighted by Crippen LogP contribution is 2.31. The molecule has 2 N–H and O–H groups in total. The fourth-order valence-electron chi connectivity index (χ4n) is 9.25. The van der Waals surface area contributed by atoms with Crippen molar-refractivity contribution in [2.75, 3.05) is 54.6 Å². The quantitative estimate of drug-likeness (QED) is 0.0429. The minimum atomic E-state index is -0.521. The largest absolute Gasteiger partial charge is 0.444 e. The van der Waals surface area contributed by atoms with E-state index in [0.717, 1.165) is 104 Å². The van der Waals surface area contributed by atoms with Gasteiger partial charge in [0.1, 0.15) is 38.1 Å². The molecule has 8 rings (SSSR count). The SMILES string of the molecule is CC(c1cccc2c1ncn2COCC[SiH3])N(C)C(=O)OC(C)(C)C.CCCOCn1cnc2cccc(C(C)N(C)C(=O)OC(C)(C)C)c21.CCCOCn1cnc2cccc(C(C)NC)c21.CNC(C)c1cccc2c1ncn2COCC[SiH3]. The summed E-state index contributed by atoms with van der Waals surface area (Å²) in [5.74, 6) is 0. The number of hydrogen-bond acceptors (Lipinski definition) is 14. The lowest BCUT2D eigenvalue weighted by molar-refractivity contribution is 0.0224. The molecule has 4 heterocycles. The lowest BCUT2D eigenvalue weighted by Gasteiger charge is -2.29. The summed E-state index contributed by atoms with van der Waals surface area (Å²) in [6.45, 7) is 28.9. The highest BCUT2D eigenvalue weighted by atomic mass is 28.1. The summed E-state index contributed by atoms with van der Waals surface area (Å²) in [4.78, 5) is 45.9. The fraction of sp³-hybridized carbons (Fsp3) is 0.531. The molecule has 4 atom stereocenters. The van der Waals surface area contributed by atoms with E-state index in [-0.39, 0.29) is 24.3 Å². The van der Waals surface area contributed by atoms with Crippen molar-refractivity contribution in [3.63, 3.8) is 0 Å². The van der Waals surface area contributed by atoms with Crippen LogP contribution < -0.4 is 10.6 Å². The zero-order chi connectivity index (χ0) is 63.1. The lowest BCUT2D eigenvalue weighted by atomic mass is 10.1. The molecular weight excluding hydrogens is 1120 g/mol. The Labute approximate surface area is 516 Å². The first-order valence-electron chi connectivity index (χ1n) is 30.4. The number of benzene rings is 4. The number of rotatable bonds is 24. The second-order valence-electron chi connectivity index (χ2n) is 23.4. The Hall–Kier alpha value is -6.51. The van der Waals surface area contributed by atoms with E-state index in [1.54, 1.807) is 36.5 Å². The topological polar surface area (TPSA) is 191 Å². The average molecular weight is 1220 g/mol. The number of carbonyl (C=O) groups is 2. The van der Waals surface area contributed by atoms with Gasteiger partial charge in [0.15, 0.2) is 0 Å². The Kier molecular flexibility index (Phi) is 27.9. The molecule has 86 heavy (non-hydrogen) atoms. The molecule has 0 radical (unpaired) electrons. The van der Waals surface area contributed by atoms with Gasteiger partial charge in [0, 0.05) is 84.2 Å². The van der Waals surface area contributed by atoms with Crippen molar-refractivity contribution in [3.8, 4) is 0 Å². The number of fused-ring (bicyclic) bond motifs is 4. The Bertz CT molecular complexity index is 3330. The van der Waals surface area contributed by atoms with Crippen molar-refractivity contribution in [3.05, 3.63) is 120 Å². The summed E-state index contributed by atoms with van der Waals surface area (Å²) < 4.78 is 41.6. The molecule has 20 nitrogen and oxygen atoms in total. The third-order valence-corrected chi connectivity index (χ3v) is 15.1. The summed E-state index contributed by atoms with van der Waals surface area (Å²) >= 11 is 0. The van der Waals surface area contributed by atoms with Gasteiger partial charge in [0.2, 0.25) is 0 Å². The van der Waals surface area contributed by atoms with E-state index < -0.39 is 11.2 Å². The summed E-state index contributed by atoms with van der Waals surface area (Å²) in [6, 6.07) is 27.1. The molecule has 0 aliphatic carbocycles. The predicted octanol–water partition coefficient (Wildman–Crippen LogP) is 10.8. The van der Waals surface area contributed by atoms with Gasteiger partial charge in [-0.15, -0.1) is 0 Å². The van der Waals surface area contributed by atoms with Crippen LogP contribution in [0.15, 0.2) is 98.1 Å². The number of amides is 2. The Morgan fingerprint density at radius 1 is 0.500 bits per heavy atom. The van der Waals surface area contributed by atoms with Crippen LogP contribution in [0.2, 0.25) is 12.1 Å². The molecule has 0 aliphatic rings. The second kappa shape index (κ2) is 34.1. The van der Waals surface area contributed by atoms with Gasteiger partial charge in [0.25, 0.3) is 0 Å². The van der Waals surface area contributed by atoms with Gasteiger partial charge in [-0.3, -0.25) is 0 Å². The maximum Gasteiger partial charge on any atom is 0.410 e. The van der Waals surface area contributed by atoms with Crippen LogP contribution in [0.4, 0.5) is 9.59 Å². The molecule has 4 aromatic heterocycles. The minimum absolute atomic E-state index is 0.149. The van der Waals surface area contributed by atoms with Crippen LogP contribution in [0.1, 0.15) is 142 Å². The van der Waals surface area contributed by atoms with Crippen molar-refractivity contribution in [1.29, 1.82) is 0 Å². The van der Waals surface area contributed by atoms with E-state index in [4.69, 9.17) is 28.4 Å². The number of hydrogen-bond donors (Lipinski definition) is 2. The third kappa shape index (κ3) is 19.8. The van der Waals surface area contributed by atoms with Gasteiger partial charge in [-0.25, -0.2) is 29.5 Å². The highest BCUT2D eigenvalue weighted by Gasteiger charge is 2.27. The zero-order valence-electron chi connectivity index (χ0n) is 54.8. The number of aromatic nitrogens is 8. The van der Waals surface area contributed by atoms with Gasteiger partial charge < -0.3 is 67.1 Å². The van der Waals surface area contributed by atoms with E-state index in [2.05, 4.69) is 97.7 Å². The lowest BCUT2D eigenvalue weighted by Crippen LogP contribution is -2.35. The van der Waals surface area contributed by atoms with Gasteiger partial charge in [-0.05, 0) is 144 Å². The molecule has 0 spiro atoms. The highest BCUT2D eigenvalue weighted by molar-refractivity contribution is 6.08. The molecule has 22 heteroatoms. The van der Waals surface area contributed by atoms with E-state index in [9.17, 15) is 9.59 Å². The Morgan fingerprint density at radius 2 is 0.849 bits per heavy atom. The minimum Gasteiger partial charge on any atom is -0.444 e. The standard InChI is InChI=1S/C19H29N3O3.C18H29N3O3Si.C14H21N3O.C13H21N3OSi/c1-7-11-24-13-22-12-20-16-10-8-9-15(17(16)22)14(2)21(6)18(23)25-19(3,4)5;1-13(20(5)17(22)24-18(2,3)4)14-7-6-8-15-16(14)19-11-21(15)12-23-9-10-25;1-4-8-18-10-17-9-16-13-7-5-6-12(14(13)17)11(2)15-3;1-10(14-2)11-4-3-5-12-13(11)15-8-16(12)9-17-6-7-18/h8-10,12,14H,7,11,13H2,1-6H3;6-8,11,13H,9-10,12H2,1-5,25H3;5-7,9,11,15H,4,8,10H2,1-3H3;3-5,8,10,14H,6-7,9H2,1-2,18H3. The van der Waals surface area contributed by atoms with Crippen LogP contribution in [0.5, 0.6) is 0 Å². The monoisotopic (exact) mass is 1220 g/mol. The van der Waals surface area contributed by atoms with E-state index in [1.165, 1.54) is 27.4 Å². The third-order valence-electron chi connectivity index (χ3n) is 14.2. The summed E-state index contributed by atoms with van der Waals surface area (Å²) in [7, 11) is 9.79. The van der Waals surface area contributed by atoms with E-state index >= 15 is 0 Å². The Morgan fingerprint density at radius 3 is 1.28 bits per heavy atom. The van der Waals surface area contributed by atoms with Crippen molar-refractivity contribution in [2.24, 2.45) is 0 Å². The maximum absolute atomic E-state index is 12.4. The molecule has 0 saturated heterocycles. The molecular formula is C64H100N12O8Si2. The molecule has 472 valence electrons. The Balaban J connectivity index is 0.000000212. The molecule has 0 fully saturated rings. The smallest absolute Gasteiger partial charge is 0.410 e. The van der Waals surface area contributed by atoms with Gasteiger partial charge in [-0.1, -0.05) is 62.4 Å². The van der Waals surface area contributed by atoms with Crippen molar-refractivity contribution in [2.45, 2.75) is 170 Å². The number of para-hydroxylation sites is 4. The van der Waals surface area contributed by atoms with E-state index in [1.807, 2.05) is 134 Å². The molecule has 2 amide bonds. The molecule has 4 aromatic carbocycles. The van der Waals surface area contributed by atoms with Crippen molar-refractivity contribution < 1.29 is 38.0 Å². The van der Waals surface area contributed by atoms with Gasteiger partial charge in [0.05, 0.1) is 81.5 Å². The molecule has 0 bridgehead atoms. The summed E-state index contributed by atoms with van der Waals surface area (Å²) in [6.07, 6.45) is 8.61. The van der Waals surface area contributed by atoms with Crippen LogP contribution >= 0.6 is 0 Å². The van der Waals surface area contributed by atoms with E-state index in [0.29, 0.717) is 45.6 Å². The first-order chi connectivity index (χ1) is 41.0. The van der Waals surface area contributed by atoms with Crippen LogP contribution in [0.25, 0.3) is 44.1 Å². The van der Waals surface area contributed by atoms with Crippen molar-refractivity contribution in [1.82, 2.24) is 58.6 Å². The van der Waals surface area contributed by atoms with Crippen LogP contribution in [-0.4, -0.2) is 146 Å². The van der Waals surface area contributed by atoms with Crippen LogP contribution in [-0.2, 0) is 55.3 Å². The molecule has 0 saturated carbocycles. The van der Waals surface area contributed by atoms with Crippen molar-refractivity contribution >= 4 is 76.8 Å². The maximum atomic E-state index is 12.4. The second-order valence-corrected chi connectivity index (χ2v) is 25.4. The zero-order valence-corrected chi connectivity index (χ0v) is 58.8. The van der Waals surface area contributed by atoms with Crippen LogP contribution in [0, 0.1) is 0 Å². The normalized spacial score (nSPS) is 13.1. The number of nitrogens with one attached hydrogen (secondary N) is 2. The average Bonchev–Trinajstić information content (AvgIpc) is 1.87. The summed E-state index contributed by atoms with van der Waals surface area (Å²) in [5, 5.41) is 6.53. The first-order valence-corrected chi connectivity index (χ1v) is 33.2. The number of nitrogens with zero attached hydrogens (tertiary/aromatic N) is 10. The van der Waals surface area contributed by atoms with Gasteiger partial charge in [-0.2, -0.15) is 0 Å². The van der Waals surface area contributed by atoms with Crippen LogP contribution in [0.3, 0.4) is 0 Å².